The molecular formula is C18H18N2S. The zero-order chi connectivity index (χ0) is 14.2. The molecule has 1 heterocycles. The van der Waals surface area contributed by atoms with Crippen LogP contribution < -0.4 is 5.32 Å². The van der Waals surface area contributed by atoms with Gasteiger partial charge in [-0.3, -0.25) is 0 Å². The number of nitrogens with zero attached hydrogens (tertiary/aromatic N) is 1. The van der Waals surface area contributed by atoms with Gasteiger partial charge in [0.2, 0.25) is 0 Å². The van der Waals surface area contributed by atoms with Gasteiger partial charge in [0, 0.05) is 0 Å². The highest BCUT2D eigenvalue weighted by Gasteiger charge is 2.20. The maximum Gasteiger partial charge on any atom is 0.184 e. The van der Waals surface area contributed by atoms with Crippen molar-refractivity contribution >= 4 is 26.7 Å². The van der Waals surface area contributed by atoms with Crippen LogP contribution in [0.1, 0.15) is 35.6 Å². The largest absolute Gasteiger partial charge is 0.355 e. The average molecular weight is 294 g/mol. The van der Waals surface area contributed by atoms with E-state index in [9.17, 15) is 0 Å². The number of anilines is 1. The molecule has 0 saturated heterocycles. The van der Waals surface area contributed by atoms with Crippen molar-refractivity contribution in [3.8, 4) is 0 Å². The average Bonchev–Trinajstić information content (AvgIpc) is 2.89. The molecule has 0 amide bonds. The molecule has 3 aromatic rings. The fourth-order valence-corrected chi connectivity index (χ4v) is 4.16. The maximum atomic E-state index is 4.73. The van der Waals surface area contributed by atoms with Gasteiger partial charge in [0.1, 0.15) is 0 Å². The van der Waals surface area contributed by atoms with Gasteiger partial charge in [-0.1, -0.05) is 41.7 Å². The van der Waals surface area contributed by atoms with Gasteiger partial charge in [-0.15, -0.1) is 0 Å². The monoisotopic (exact) mass is 294 g/mol. The quantitative estimate of drug-likeness (QED) is 0.711. The number of fused-ring (bicyclic) bond motifs is 2. The van der Waals surface area contributed by atoms with Crippen LogP contribution in [0.5, 0.6) is 0 Å². The molecule has 0 saturated carbocycles. The minimum Gasteiger partial charge on any atom is -0.355 e. The van der Waals surface area contributed by atoms with Crippen LogP contribution in [-0.4, -0.2) is 4.98 Å². The van der Waals surface area contributed by atoms with Gasteiger partial charge in [-0.05, 0) is 55.0 Å². The molecule has 0 bridgehead atoms. The second-order valence-electron chi connectivity index (χ2n) is 5.78. The van der Waals surface area contributed by atoms with Gasteiger partial charge in [-0.25, -0.2) is 4.98 Å². The first-order valence-electron chi connectivity index (χ1n) is 7.51. The summed E-state index contributed by atoms with van der Waals surface area (Å²) in [6, 6.07) is 15.6. The van der Waals surface area contributed by atoms with Crippen LogP contribution in [0.3, 0.4) is 0 Å². The maximum absolute atomic E-state index is 4.73. The number of aryl methyl sites for hydroxylation is 2. The Morgan fingerprint density at radius 2 is 2.10 bits per heavy atom. The van der Waals surface area contributed by atoms with Gasteiger partial charge < -0.3 is 5.32 Å². The van der Waals surface area contributed by atoms with E-state index >= 15 is 0 Å². The normalized spacial score (nSPS) is 17.7. The molecule has 106 valence electrons. The molecule has 4 rings (SSSR count). The summed E-state index contributed by atoms with van der Waals surface area (Å²) >= 11 is 1.76. The van der Waals surface area contributed by atoms with E-state index in [0.29, 0.717) is 6.04 Å². The van der Waals surface area contributed by atoms with Crippen molar-refractivity contribution in [2.24, 2.45) is 0 Å². The molecule has 21 heavy (non-hydrogen) atoms. The molecule has 1 atom stereocenters. The third kappa shape index (κ3) is 2.42. The van der Waals surface area contributed by atoms with E-state index in [1.807, 2.05) is 0 Å². The lowest BCUT2D eigenvalue weighted by Gasteiger charge is -2.26. The van der Waals surface area contributed by atoms with Crippen LogP contribution in [0.25, 0.3) is 10.2 Å². The second kappa shape index (κ2) is 5.15. The van der Waals surface area contributed by atoms with Crippen molar-refractivity contribution in [2.45, 2.75) is 32.2 Å². The summed E-state index contributed by atoms with van der Waals surface area (Å²) in [6.45, 7) is 2.13. The number of rotatable bonds is 2. The van der Waals surface area contributed by atoms with Crippen molar-refractivity contribution < 1.29 is 0 Å². The summed E-state index contributed by atoms with van der Waals surface area (Å²) in [4.78, 5) is 4.73. The van der Waals surface area contributed by atoms with Gasteiger partial charge in [0.25, 0.3) is 0 Å². The van der Waals surface area contributed by atoms with Crippen molar-refractivity contribution in [1.29, 1.82) is 0 Å². The Hall–Kier alpha value is -1.87. The van der Waals surface area contributed by atoms with Crippen molar-refractivity contribution in [3.63, 3.8) is 0 Å². The van der Waals surface area contributed by atoms with Crippen LogP contribution in [0.4, 0.5) is 5.13 Å². The van der Waals surface area contributed by atoms with E-state index in [0.717, 1.165) is 10.6 Å². The zero-order valence-electron chi connectivity index (χ0n) is 12.1. The summed E-state index contributed by atoms with van der Waals surface area (Å²) in [5.74, 6) is 0. The highest BCUT2D eigenvalue weighted by molar-refractivity contribution is 7.22. The minimum absolute atomic E-state index is 0.400. The van der Waals surface area contributed by atoms with Gasteiger partial charge in [-0.2, -0.15) is 0 Å². The highest BCUT2D eigenvalue weighted by atomic mass is 32.1. The number of thiazole rings is 1. The first kappa shape index (κ1) is 12.8. The lowest BCUT2D eigenvalue weighted by Crippen LogP contribution is -2.17. The Morgan fingerprint density at radius 1 is 1.19 bits per heavy atom. The summed E-state index contributed by atoms with van der Waals surface area (Å²) in [6.07, 6.45) is 3.64. The van der Waals surface area contributed by atoms with E-state index in [4.69, 9.17) is 4.98 Å². The zero-order valence-corrected chi connectivity index (χ0v) is 12.9. The van der Waals surface area contributed by atoms with E-state index in [2.05, 4.69) is 54.7 Å². The van der Waals surface area contributed by atoms with Crippen molar-refractivity contribution in [1.82, 2.24) is 4.98 Å². The molecule has 1 aliphatic rings. The highest BCUT2D eigenvalue weighted by Crippen LogP contribution is 2.35. The molecule has 3 heteroatoms. The van der Waals surface area contributed by atoms with Crippen LogP contribution in [0.15, 0.2) is 42.5 Å². The third-order valence-electron chi connectivity index (χ3n) is 4.21. The SMILES string of the molecule is Cc1ccc2nc(NC3CCCc4ccccc43)sc2c1. The van der Waals surface area contributed by atoms with E-state index in [1.54, 1.807) is 11.3 Å². The minimum atomic E-state index is 0.400. The lowest BCUT2D eigenvalue weighted by atomic mass is 9.88. The molecule has 1 N–H and O–H groups in total. The Kier molecular flexibility index (Phi) is 3.15. The third-order valence-corrected chi connectivity index (χ3v) is 5.16. The van der Waals surface area contributed by atoms with Crippen LogP contribution in [0, 0.1) is 6.92 Å². The van der Waals surface area contributed by atoms with Crippen molar-refractivity contribution in [2.75, 3.05) is 5.32 Å². The Labute approximate surface area is 128 Å². The molecule has 2 aromatic carbocycles. The predicted molar refractivity (Wildman–Crippen MR) is 90.1 cm³/mol. The number of hydrogen-bond acceptors (Lipinski definition) is 3. The first-order valence-corrected chi connectivity index (χ1v) is 8.33. The fourth-order valence-electron chi connectivity index (χ4n) is 3.15. The number of hydrogen-bond donors (Lipinski definition) is 1. The Balaban J connectivity index is 1.66. The molecule has 0 spiro atoms. The summed E-state index contributed by atoms with van der Waals surface area (Å²) < 4.78 is 1.27. The van der Waals surface area contributed by atoms with Crippen LogP contribution in [-0.2, 0) is 6.42 Å². The van der Waals surface area contributed by atoms with Crippen molar-refractivity contribution in [3.05, 3.63) is 59.2 Å². The predicted octanol–water partition coefficient (Wildman–Crippen LogP) is 5.09. The summed E-state index contributed by atoms with van der Waals surface area (Å²) in [5, 5.41) is 4.69. The Morgan fingerprint density at radius 3 is 3.05 bits per heavy atom. The topological polar surface area (TPSA) is 24.9 Å². The molecule has 1 aromatic heterocycles. The van der Waals surface area contributed by atoms with Gasteiger partial charge in [0.05, 0.1) is 16.3 Å². The lowest BCUT2D eigenvalue weighted by molar-refractivity contribution is 0.600. The van der Waals surface area contributed by atoms with E-state index < -0.39 is 0 Å². The van der Waals surface area contributed by atoms with Crippen LogP contribution >= 0.6 is 11.3 Å². The summed E-state index contributed by atoms with van der Waals surface area (Å²) in [5.41, 5.74) is 5.32. The number of aromatic nitrogens is 1. The summed E-state index contributed by atoms with van der Waals surface area (Å²) in [7, 11) is 0. The van der Waals surface area contributed by atoms with E-state index in [1.165, 1.54) is 40.7 Å². The van der Waals surface area contributed by atoms with Crippen LogP contribution in [0.2, 0.25) is 0 Å². The Bertz CT molecular complexity index is 791. The number of nitrogens with one attached hydrogen (secondary N) is 1. The second-order valence-corrected chi connectivity index (χ2v) is 6.81. The molecular weight excluding hydrogens is 276 g/mol. The standard InChI is InChI=1S/C18H18N2S/c1-12-9-10-16-17(11-12)21-18(20-16)19-15-8-4-6-13-5-2-3-7-14(13)15/h2-3,5,7,9-11,15H,4,6,8H2,1H3,(H,19,20). The van der Waals surface area contributed by atoms with E-state index in [-0.39, 0.29) is 0 Å². The number of benzene rings is 2. The molecule has 0 fully saturated rings. The molecule has 0 aliphatic heterocycles. The fraction of sp³-hybridized carbons (Fsp3) is 0.278. The molecule has 1 aliphatic carbocycles. The molecule has 0 radical (unpaired) electrons. The molecule has 2 nitrogen and oxygen atoms in total. The first-order chi connectivity index (χ1) is 10.3. The molecule has 1 unspecified atom stereocenters. The van der Waals surface area contributed by atoms with Gasteiger partial charge in [0.15, 0.2) is 5.13 Å². The smallest absolute Gasteiger partial charge is 0.184 e. The van der Waals surface area contributed by atoms with Gasteiger partial charge >= 0.3 is 0 Å².